The Hall–Kier alpha value is -3.31. The molecule has 0 spiro atoms. The maximum Gasteiger partial charge on any atom is 0.266 e. The summed E-state index contributed by atoms with van der Waals surface area (Å²) >= 11 is 1.31. The Morgan fingerprint density at radius 3 is 2.70 bits per heavy atom. The molecule has 0 aliphatic heterocycles. The molecule has 1 aromatic carbocycles. The number of hydrogen-bond acceptors (Lipinski definition) is 8. The average Bonchev–Trinajstić information content (AvgIpc) is 3.47. The van der Waals surface area contributed by atoms with E-state index in [2.05, 4.69) is 14.8 Å². The largest absolute Gasteiger partial charge is 0.497 e. The van der Waals surface area contributed by atoms with E-state index < -0.39 is 10.0 Å². The Bertz CT molecular complexity index is 1280. The molecule has 30 heavy (non-hydrogen) atoms. The molecule has 4 aromatic rings. The second kappa shape index (κ2) is 7.84. The van der Waals surface area contributed by atoms with E-state index in [0.29, 0.717) is 28.0 Å². The van der Waals surface area contributed by atoms with Gasteiger partial charge in [0.15, 0.2) is 5.76 Å². The smallest absolute Gasteiger partial charge is 0.266 e. The number of sulfonamides is 1. The van der Waals surface area contributed by atoms with Gasteiger partial charge in [0.2, 0.25) is 5.13 Å². The van der Waals surface area contributed by atoms with Gasteiger partial charge in [0.05, 0.1) is 26.2 Å². The summed E-state index contributed by atoms with van der Waals surface area (Å²) in [7, 11) is -1.13. The quantitative estimate of drug-likeness (QED) is 0.461. The topological polar surface area (TPSA) is 108 Å². The molecule has 0 fully saturated rings. The van der Waals surface area contributed by atoms with Crippen molar-refractivity contribution in [1.82, 2.24) is 14.8 Å². The Morgan fingerprint density at radius 1 is 1.17 bits per heavy atom. The van der Waals surface area contributed by atoms with Crippen molar-refractivity contribution in [2.75, 3.05) is 18.9 Å². The van der Waals surface area contributed by atoms with E-state index in [1.807, 2.05) is 5.38 Å². The Labute approximate surface area is 176 Å². The molecule has 0 saturated heterocycles. The van der Waals surface area contributed by atoms with Crippen LogP contribution in [0.4, 0.5) is 5.82 Å². The minimum atomic E-state index is -4.00. The van der Waals surface area contributed by atoms with Crippen molar-refractivity contribution < 1.29 is 22.3 Å². The number of anilines is 1. The molecule has 0 aliphatic carbocycles. The average molecular weight is 447 g/mol. The molecule has 1 N–H and O–H groups in total. The summed E-state index contributed by atoms with van der Waals surface area (Å²) < 4.78 is 46.0. The molecule has 0 amide bonds. The lowest BCUT2D eigenvalue weighted by molar-refractivity contribution is 0.392. The zero-order chi connectivity index (χ0) is 21.3. The fourth-order valence-electron chi connectivity index (χ4n) is 2.80. The number of hydrogen-bond donors (Lipinski definition) is 1. The molecule has 0 aliphatic rings. The van der Waals surface area contributed by atoms with Crippen LogP contribution in [0.5, 0.6) is 11.5 Å². The van der Waals surface area contributed by atoms with Crippen LogP contribution < -0.4 is 14.2 Å². The van der Waals surface area contributed by atoms with Crippen LogP contribution in [0.1, 0.15) is 5.69 Å². The van der Waals surface area contributed by atoms with Crippen LogP contribution in [0.15, 0.2) is 57.4 Å². The lowest BCUT2D eigenvalue weighted by atomic mass is 10.3. The zero-order valence-electron chi connectivity index (χ0n) is 16.3. The van der Waals surface area contributed by atoms with Crippen molar-refractivity contribution in [3.05, 3.63) is 53.7 Å². The van der Waals surface area contributed by atoms with Gasteiger partial charge in [-0.2, -0.15) is 9.78 Å². The van der Waals surface area contributed by atoms with Gasteiger partial charge in [-0.1, -0.05) is 0 Å². The first-order valence-corrected chi connectivity index (χ1v) is 11.1. The van der Waals surface area contributed by atoms with Crippen molar-refractivity contribution in [2.45, 2.75) is 11.8 Å². The molecule has 0 saturated carbocycles. The van der Waals surface area contributed by atoms with E-state index in [4.69, 9.17) is 13.9 Å². The van der Waals surface area contributed by atoms with Gasteiger partial charge in [-0.3, -0.25) is 4.72 Å². The molecule has 3 aromatic heterocycles. The van der Waals surface area contributed by atoms with Crippen LogP contribution >= 0.6 is 11.3 Å². The molecular weight excluding hydrogens is 428 g/mol. The summed E-state index contributed by atoms with van der Waals surface area (Å²) in [5, 5.41) is 6.69. The molecular formula is C19H18N4O5S2. The summed E-state index contributed by atoms with van der Waals surface area (Å²) in [6.45, 7) is 1.77. The number of benzene rings is 1. The highest BCUT2D eigenvalue weighted by molar-refractivity contribution is 7.92. The van der Waals surface area contributed by atoms with Crippen molar-refractivity contribution in [3.8, 4) is 28.1 Å². The maximum absolute atomic E-state index is 13.1. The fourth-order valence-corrected chi connectivity index (χ4v) is 4.80. The normalized spacial score (nSPS) is 11.4. The highest BCUT2D eigenvalue weighted by Gasteiger charge is 2.24. The lowest BCUT2D eigenvalue weighted by Gasteiger charge is -2.13. The van der Waals surface area contributed by atoms with Crippen molar-refractivity contribution in [2.24, 2.45) is 0 Å². The Kier molecular flexibility index (Phi) is 5.22. The molecule has 3 heterocycles. The Balaban J connectivity index is 1.72. The standard InChI is InChI=1S/C19H18N4O5S2/c1-12-9-18(22-30(24,25)17-10-13(26-2)6-7-16(17)27-3)23(21-12)19-20-14(11-29-19)15-5-4-8-28-15/h4-11,22H,1-3H3. The van der Waals surface area contributed by atoms with Crippen LogP contribution in [0.25, 0.3) is 16.6 Å². The van der Waals surface area contributed by atoms with Gasteiger partial charge in [-0.05, 0) is 31.2 Å². The zero-order valence-corrected chi connectivity index (χ0v) is 18.0. The van der Waals surface area contributed by atoms with Crippen LogP contribution in [0.3, 0.4) is 0 Å². The summed E-state index contributed by atoms with van der Waals surface area (Å²) in [5.41, 5.74) is 1.26. The monoisotopic (exact) mass is 446 g/mol. The molecule has 156 valence electrons. The van der Waals surface area contributed by atoms with E-state index in [9.17, 15) is 8.42 Å². The van der Waals surface area contributed by atoms with E-state index >= 15 is 0 Å². The van der Waals surface area contributed by atoms with Gasteiger partial charge in [-0.15, -0.1) is 11.3 Å². The first-order chi connectivity index (χ1) is 14.4. The van der Waals surface area contributed by atoms with Gasteiger partial charge >= 0.3 is 0 Å². The van der Waals surface area contributed by atoms with Crippen LogP contribution in [0, 0.1) is 6.92 Å². The number of rotatable bonds is 7. The number of methoxy groups -OCH3 is 2. The third-order valence-corrected chi connectivity index (χ3v) is 6.37. The molecule has 4 rings (SSSR count). The van der Waals surface area contributed by atoms with Crippen LogP contribution in [-0.4, -0.2) is 37.4 Å². The van der Waals surface area contributed by atoms with Gasteiger partial charge < -0.3 is 13.9 Å². The number of nitrogens with one attached hydrogen (secondary N) is 1. The highest BCUT2D eigenvalue weighted by atomic mass is 32.2. The Morgan fingerprint density at radius 2 is 2.00 bits per heavy atom. The summed E-state index contributed by atoms with van der Waals surface area (Å²) in [6.07, 6.45) is 1.56. The van der Waals surface area contributed by atoms with Gasteiger partial charge in [-0.25, -0.2) is 13.4 Å². The number of furan rings is 1. The molecule has 0 atom stereocenters. The van der Waals surface area contributed by atoms with Gasteiger partial charge in [0, 0.05) is 17.5 Å². The van der Waals surface area contributed by atoms with E-state index in [1.54, 1.807) is 37.5 Å². The van der Waals surface area contributed by atoms with Gasteiger partial charge in [0.1, 0.15) is 27.9 Å². The van der Waals surface area contributed by atoms with Crippen LogP contribution in [0.2, 0.25) is 0 Å². The van der Waals surface area contributed by atoms with E-state index in [0.717, 1.165) is 0 Å². The summed E-state index contributed by atoms with van der Waals surface area (Å²) in [4.78, 5) is 4.46. The second-order valence-electron chi connectivity index (χ2n) is 6.20. The minimum absolute atomic E-state index is 0.0508. The number of aryl methyl sites for hydroxylation is 1. The number of thiazole rings is 1. The SMILES string of the molecule is COc1ccc(OC)c(S(=O)(=O)Nc2cc(C)nn2-c2nc(-c3ccco3)cs2)c1. The highest BCUT2D eigenvalue weighted by Crippen LogP contribution is 2.31. The van der Waals surface area contributed by atoms with Crippen LogP contribution in [-0.2, 0) is 10.0 Å². The number of nitrogens with zero attached hydrogens (tertiary/aromatic N) is 3. The predicted octanol–water partition coefficient (Wildman–Crippen LogP) is 3.72. The first-order valence-electron chi connectivity index (χ1n) is 8.72. The third kappa shape index (κ3) is 3.76. The van der Waals surface area contributed by atoms with Gasteiger partial charge in [0.25, 0.3) is 10.0 Å². The summed E-state index contributed by atoms with van der Waals surface area (Å²) in [5.74, 6) is 1.45. The number of aromatic nitrogens is 3. The second-order valence-corrected chi connectivity index (χ2v) is 8.69. The predicted molar refractivity (Wildman–Crippen MR) is 112 cm³/mol. The van der Waals surface area contributed by atoms with Crippen molar-refractivity contribution in [1.29, 1.82) is 0 Å². The molecule has 9 nitrogen and oxygen atoms in total. The lowest BCUT2D eigenvalue weighted by Crippen LogP contribution is -2.17. The maximum atomic E-state index is 13.1. The van der Waals surface area contributed by atoms with E-state index in [-0.39, 0.29) is 16.5 Å². The summed E-state index contributed by atoms with van der Waals surface area (Å²) in [6, 6.07) is 9.75. The molecule has 0 bridgehead atoms. The fraction of sp³-hybridized carbons (Fsp3) is 0.158. The van der Waals surface area contributed by atoms with E-state index in [1.165, 1.54) is 42.4 Å². The number of ether oxygens (including phenoxy) is 2. The van der Waals surface area contributed by atoms with Crippen molar-refractivity contribution >= 4 is 27.2 Å². The molecule has 11 heteroatoms. The third-order valence-electron chi connectivity index (χ3n) is 4.18. The molecule has 0 radical (unpaired) electrons. The van der Waals surface area contributed by atoms with Crippen molar-refractivity contribution in [3.63, 3.8) is 0 Å². The first kappa shape index (κ1) is 20.0. The molecule has 0 unspecified atom stereocenters. The minimum Gasteiger partial charge on any atom is -0.497 e.